The van der Waals surface area contributed by atoms with E-state index in [-0.39, 0.29) is 24.8 Å². The molecule has 3 aliphatic heterocycles. The fourth-order valence-corrected chi connectivity index (χ4v) is 4.74. The van der Waals surface area contributed by atoms with Crippen LogP contribution >= 0.6 is 0 Å². The summed E-state index contributed by atoms with van der Waals surface area (Å²) in [7, 11) is 0. The summed E-state index contributed by atoms with van der Waals surface area (Å²) < 4.78 is 28.8. The maximum absolute atomic E-state index is 13.1. The Morgan fingerprint density at radius 1 is 1.00 bits per heavy atom. The van der Waals surface area contributed by atoms with Crippen molar-refractivity contribution in [1.29, 1.82) is 0 Å². The Kier molecular flexibility index (Phi) is 8.66. The molecule has 0 spiro atoms. The number of benzene rings is 1. The molecule has 1 unspecified atom stereocenters. The lowest BCUT2D eigenvalue weighted by Gasteiger charge is -2.37. The molecule has 1 aromatic rings. The van der Waals surface area contributed by atoms with E-state index < -0.39 is 0 Å². The van der Waals surface area contributed by atoms with Gasteiger partial charge in [-0.25, -0.2) is 0 Å². The van der Waals surface area contributed by atoms with Crippen LogP contribution in [0.15, 0.2) is 12.1 Å². The highest BCUT2D eigenvalue weighted by Crippen LogP contribution is 2.39. The minimum absolute atomic E-state index is 0.0811. The smallest absolute Gasteiger partial charge is 0.238 e. The fraction of sp³-hybridized carbons (Fsp3) is 0.708. The maximum atomic E-state index is 13.1. The van der Waals surface area contributed by atoms with Gasteiger partial charge in [0, 0.05) is 25.2 Å². The Bertz CT molecular complexity index is 780. The average Bonchev–Trinajstić information content (AvgIpc) is 3.36. The molecular weight excluding hydrogens is 426 g/mol. The Hall–Kier alpha value is -2.07. The number of anilines is 2. The number of nitrogens with zero attached hydrogens (tertiary/aromatic N) is 2. The highest BCUT2D eigenvalue weighted by Gasteiger charge is 2.34. The summed E-state index contributed by atoms with van der Waals surface area (Å²) in [5.41, 5.74) is 1.59. The number of morpholine rings is 1. The molecule has 33 heavy (non-hydrogen) atoms. The van der Waals surface area contributed by atoms with Crippen LogP contribution in [0.25, 0.3) is 0 Å². The molecule has 1 N–H and O–H groups in total. The van der Waals surface area contributed by atoms with E-state index >= 15 is 0 Å². The van der Waals surface area contributed by atoms with Gasteiger partial charge in [0.15, 0.2) is 6.29 Å². The monoisotopic (exact) mass is 463 g/mol. The lowest BCUT2D eigenvalue weighted by atomic mass is 10.0. The third-order valence-electron chi connectivity index (χ3n) is 6.26. The molecule has 3 saturated heterocycles. The van der Waals surface area contributed by atoms with Gasteiger partial charge in [0.05, 0.1) is 63.6 Å². The van der Waals surface area contributed by atoms with Crippen LogP contribution in [-0.2, 0) is 19.0 Å². The first kappa shape index (κ1) is 24.1. The summed E-state index contributed by atoms with van der Waals surface area (Å²) in [6.45, 7) is 10.3. The van der Waals surface area contributed by atoms with Gasteiger partial charge in [0.2, 0.25) is 5.91 Å². The van der Waals surface area contributed by atoms with Crippen molar-refractivity contribution >= 4 is 17.3 Å². The van der Waals surface area contributed by atoms with Crippen LogP contribution in [0.2, 0.25) is 0 Å². The second kappa shape index (κ2) is 11.9. The van der Waals surface area contributed by atoms with Gasteiger partial charge in [0.1, 0.15) is 11.5 Å². The molecule has 1 amide bonds. The van der Waals surface area contributed by atoms with E-state index in [0.29, 0.717) is 51.1 Å². The van der Waals surface area contributed by atoms with E-state index in [0.717, 1.165) is 50.3 Å². The van der Waals surface area contributed by atoms with Crippen molar-refractivity contribution in [1.82, 2.24) is 4.90 Å². The topological polar surface area (TPSA) is 81.7 Å². The Balaban J connectivity index is 1.50. The molecule has 3 heterocycles. The van der Waals surface area contributed by atoms with Crippen molar-refractivity contribution in [2.24, 2.45) is 0 Å². The number of amides is 1. The standard InChI is InChI=1S/C24H37N3O6/c1-3-30-21-16-20(26-9-11-29-12-10-26)22(31-4-2)15-18(21)25-23(28)17-27-8-6-5-7-19(27)24-32-13-14-33-24/h15-16,19,24H,3-14,17H2,1-2H3,(H,25,28). The summed E-state index contributed by atoms with van der Waals surface area (Å²) in [5.74, 6) is 1.30. The molecule has 4 rings (SSSR count). The molecule has 1 atom stereocenters. The molecule has 0 aliphatic carbocycles. The summed E-state index contributed by atoms with van der Waals surface area (Å²) >= 11 is 0. The maximum Gasteiger partial charge on any atom is 0.238 e. The fourth-order valence-electron chi connectivity index (χ4n) is 4.74. The van der Waals surface area contributed by atoms with Crippen LogP contribution in [0.4, 0.5) is 11.4 Å². The summed E-state index contributed by atoms with van der Waals surface area (Å²) in [5, 5.41) is 3.07. The first-order chi connectivity index (χ1) is 16.2. The van der Waals surface area contributed by atoms with E-state index in [2.05, 4.69) is 15.1 Å². The lowest BCUT2D eigenvalue weighted by molar-refractivity contribution is -0.127. The molecule has 0 radical (unpaired) electrons. The summed E-state index contributed by atoms with van der Waals surface area (Å²) in [6.07, 6.45) is 2.93. The number of likely N-dealkylation sites (tertiary alicyclic amines) is 1. The Labute approximate surface area is 196 Å². The van der Waals surface area contributed by atoms with Crippen molar-refractivity contribution in [3.63, 3.8) is 0 Å². The number of hydrogen-bond donors (Lipinski definition) is 1. The average molecular weight is 464 g/mol. The normalized spacial score (nSPS) is 22.4. The number of nitrogens with one attached hydrogen (secondary N) is 1. The number of ether oxygens (including phenoxy) is 5. The Morgan fingerprint density at radius 2 is 1.73 bits per heavy atom. The molecule has 0 saturated carbocycles. The number of carbonyl (C=O) groups excluding carboxylic acids is 1. The van der Waals surface area contributed by atoms with Crippen LogP contribution < -0.4 is 19.7 Å². The van der Waals surface area contributed by atoms with Gasteiger partial charge in [0.25, 0.3) is 0 Å². The first-order valence-electron chi connectivity index (χ1n) is 12.2. The van der Waals surface area contributed by atoms with Crippen LogP contribution in [0.5, 0.6) is 11.5 Å². The molecule has 0 aromatic heterocycles. The predicted octanol–water partition coefficient (Wildman–Crippen LogP) is 2.49. The molecule has 184 valence electrons. The minimum Gasteiger partial charge on any atom is -0.492 e. The minimum atomic E-state index is -0.241. The Morgan fingerprint density at radius 3 is 2.45 bits per heavy atom. The van der Waals surface area contributed by atoms with Crippen molar-refractivity contribution in [2.75, 3.05) is 76.0 Å². The highest BCUT2D eigenvalue weighted by atomic mass is 16.7. The van der Waals surface area contributed by atoms with Crippen LogP contribution in [-0.4, -0.2) is 89.0 Å². The van der Waals surface area contributed by atoms with Gasteiger partial charge in [-0.2, -0.15) is 0 Å². The first-order valence-corrected chi connectivity index (χ1v) is 12.2. The molecule has 3 fully saturated rings. The third-order valence-corrected chi connectivity index (χ3v) is 6.26. The van der Waals surface area contributed by atoms with Crippen molar-refractivity contribution in [3.05, 3.63) is 12.1 Å². The second-order valence-corrected chi connectivity index (χ2v) is 8.47. The van der Waals surface area contributed by atoms with E-state index in [9.17, 15) is 4.79 Å². The van der Waals surface area contributed by atoms with Gasteiger partial charge < -0.3 is 33.9 Å². The lowest BCUT2D eigenvalue weighted by Crippen LogP contribution is -2.50. The SMILES string of the molecule is CCOc1cc(N2CCOCC2)c(OCC)cc1NC(=O)CN1CCCCC1C1OCCO1. The van der Waals surface area contributed by atoms with E-state index in [1.807, 2.05) is 26.0 Å². The van der Waals surface area contributed by atoms with Crippen LogP contribution in [0.3, 0.4) is 0 Å². The second-order valence-electron chi connectivity index (χ2n) is 8.47. The number of piperidine rings is 1. The van der Waals surface area contributed by atoms with E-state index in [1.165, 1.54) is 0 Å². The van der Waals surface area contributed by atoms with Gasteiger partial charge in [-0.3, -0.25) is 9.69 Å². The van der Waals surface area contributed by atoms with Crippen LogP contribution in [0, 0.1) is 0 Å². The zero-order valence-corrected chi connectivity index (χ0v) is 19.8. The molecule has 0 bridgehead atoms. The van der Waals surface area contributed by atoms with E-state index in [1.54, 1.807) is 0 Å². The third kappa shape index (κ3) is 6.09. The van der Waals surface area contributed by atoms with Crippen molar-refractivity contribution in [2.45, 2.75) is 45.4 Å². The molecule has 1 aromatic carbocycles. The van der Waals surface area contributed by atoms with Gasteiger partial charge >= 0.3 is 0 Å². The van der Waals surface area contributed by atoms with Crippen LogP contribution in [0.1, 0.15) is 33.1 Å². The van der Waals surface area contributed by atoms with E-state index in [4.69, 9.17) is 23.7 Å². The molecule has 9 heteroatoms. The highest BCUT2D eigenvalue weighted by molar-refractivity contribution is 5.94. The zero-order valence-electron chi connectivity index (χ0n) is 19.8. The van der Waals surface area contributed by atoms with Crippen molar-refractivity contribution in [3.8, 4) is 11.5 Å². The number of carbonyl (C=O) groups is 1. The quantitative estimate of drug-likeness (QED) is 0.598. The van der Waals surface area contributed by atoms with Gasteiger partial charge in [-0.15, -0.1) is 0 Å². The van der Waals surface area contributed by atoms with Gasteiger partial charge in [-0.1, -0.05) is 6.42 Å². The van der Waals surface area contributed by atoms with Gasteiger partial charge in [-0.05, 0) is 33.2 Å². The van der Waals surface area contributed by atoms with Crippen molar-refractivity contribution < 1.29 is 28.5 Å². The summed E-state index contributed by atoms with van der Waals surface area (Å²) in [4.78, 5) is 17.5. The predicted molar refractivity (Wildman–Crippen MR) is 125 cm³/mol. The summed E-state index contributed by atoms with van der Waals surface area (Å²) in [6, 6.07) is 3.97. The number of hydrogen-bond acceptors (Lipinski definition) is 8. The molecular formula is C24H37N3O6. The largest absolute Gasteiger partial charge is 0.492 e. The molecule has 3 aliphatic rings. The number of rotatable bonds is 9. The molecule has 9 nitrogen and oxygen atoms in total. The zero-order chi connectivity index (χ0) is 23.0.